The van der Waals surface area contributed by atoms with E-state index in [-0.39, 0.29) is 17.6 Å². The summed E-state index contributed by atoms with van der Waals surface area (Å²) in [5.41, 5.74) is 2.02. The maximum atomic E-state index is 13.2. The van der Waals surface area contributed by atoms with Crippen LogP contribution in [-0.2, 0) is 11.3 Å². The fourth-order valence-electron chi connectivity index (χ4n) is 4.76. The number of ether oxygens (including phenoxy) is 1. The minimum absolute atomic E-state index is 0.0992. The van der Waals surface area contributed by atoms with E-state index in [4.69, 9.17) is 16.3 Å². The number of rotatable bonds is 8. The van der Waals surface area contributed by atoms with Crippen LogP contribution in [0.4, 0.5) is 4.79 Å². The van der Waals surface area contributed by atoms with E-state index in [1.165, 1.54) is 12.0 Å². The smallest absolute Gasteiger partial charge is 0.410 e. The van der Waals surface area contributed by atoms with Gasteiger partial charge in [-0.25, -0.2) is 4.79 Å². The minimum Gasteiger partial charge on any atom is -0.444 e. The maximum Gasteiger partial charge on any atom is 0.410 e. The highest BCUT2D eigenvalue weighted by Crippen LogP contribution is 2.48. The summed E-state index contributed by atoms with van der Waals surface area (Å²) in [5.74, 6) is 0.400. The van der Waals surface area contributed by atoms with E-state index >= 15 is 0 Å². The number of hydrogen-bond donors (Lipinski definition) is 1. The lowest BCUT2D eigenvalue weighted by molar-refractivity contribution is 0.00105. The van der Waals surface area contributed by atoms with Crippen LogP contribution >= 0.6 is 11.6 Å². The molecule has 2 aliphatic carbocycles. The molecule has 2 fully saturated rings. The summed E-state index contributed by atoms with van der Waals surface area (Å²) in [6, 6.07) is 18.7. The second-order valence-electron chi connectivity index (χ2n) is 10.5. The van der Waals surface area contributed by atoms with Gasteiger partial charge in [0.25, 0.3) is 0 Å². The van der Waals surface area contributed by atoms with Gasteiger partial charge in [-0.2, -0.15) is 0 Å². The molecule has 2 atom stereocenters. The number of carbonyl (C=O) groups excluding carboxylic acids is 1. The monoisotopic (exact) mass is 454 g/mol. The lowest BCUT2D eigenvalue weighted by Gasteiger charge is -2.45. The van der Waals surface area contributed by atoms with Crippen LogP contribution in [0.25, 0.3) is 0 Å². The van der Waals surface area contributed by atoms with E-state index < -0.39 is 5.60 Å². The Bertz CT molecular complexity index is 921. The van der Waals surface area contributed by atoms with Gasteiger partial charge in [-0.15, -0.1) is 0 Å². The third-order valence-corrected chi connectivity index (χ3v) is 7.07. The molecule has 2 saturated carbocycles. The molecular formula is C27H35ClN2O2. The molecule has 0 spiro atoms. The van der Waals surface area contributed by atoms with E-state index in [0.717, 1.165) is 49.5 Å². The molecule has 32 heavy (non-hydrogen) atoms. The average molecular weight is 455 g/mol. The molecule has 4 nitrogen and oxygen atoms in total. The zero-order valence-electron chi connectivity index (χ0n) is 19.4. The molecule has 0 radical (unpaired) electrons. The first-order chi connectivity index (χ1) is 15.3. The normalized spacial score (nSPS) is 21.5. The van der Waals surface area contributed by atoms with Crippen molar-refractivity contribution in [2.75, 3.05) is 13.1 Å². The van der Waals surface area contributed by atoms with Gasteiger partial charge in [0, 0.05) is 42.0 Å². The zero-order valence-corrected chi connectivity index (χ0v) is 20.2. The maximum absolute atomic E-state index is 13.2. The molecular weight excluding hydrogens is 420 g/mol. The lowest BCUT2D eigenvalue weighted by Crippen LogP contribution is -2.51. The quantitative estimate of drug-likeness (QED) is 0.502. The van der Waals surface area contributed by atoms with Crippen molar-refractivity contribution in [3.8, 4) is 0 Å². The van der Waals surface area contributed by atoms with Crippen LogP contribution in [0.15, 0.2) is 54.6 Å². The van der Waals surface area contributed by atoms with Crippen LogP contribution in [-0.4, -0.2) is 35.7 Å². The van der Waals surface area contributed by atoms with E-state index in [9.17, 15) is 4.79 Å². The summed E-state index contributed by atoms with van der Waals surface area (Å²) < 4.78 is 5.84. The van der Waals surface area contributed by atoms with Crippen molar-refractivity contribution in [3.63, 3.8) is 0 Å². The van der Waals surface area contributed by atoms with Crippen LogP contribution in [0.5, 0.6) is 0 Å². The SMILES string of the molecule is CC(C)(C)OC(=O)N(CC1(CNCc2ccccc2Cl)CCC1)C1CC1c1ccccc1. The molecule has 4 rings (SSSR count). The number of amides is 1. The molecule has 2 unspecified atom stereocenters. The standard InChI is InChI=1S/C27H35ClN2O2/c1-26(2,3)32-25(31)30(24-16-22(24)20-10-5-4-6-11-20)19-27(14-9-15-27)18-29-17-21-12-7-8-13-23(21)28/h4-8,10-13,22,24,29H,9,14-19H2,1-3H3. The molecule has 2 aromatic carbocycles. The Morgan fingerprint density at radius 3 is 2.44 bits per heavy atom. The summed E-state index contributed by atoms with van der Waals surface area (Å²) in [7, 11) is 0. The number of nitrogens with one attached hydrogen (secondary N) is 1. The largest absolute Gasteiger partial charge is 0.444 e. The molecule has 1 N–H and O–H groups in total. The Balaban J connectivity index is 1.44. The van der Waals surface area contributed by atoms with Crippen molar-refractivity contribution in [3.05, 3.63) is 70.7 Å². The van der Waals surface area contributed by atoms with Gasteiger partial charge in [-0.05, 0) is 57.2 Å². The summed E-state index contributed by atoms with van der Waals surface area (Å²) in [6.07, 6.45) is 4.29. The van der Waals surface area contributed by atoms with Crippen LogP contribution in [0, 0.1) is 5.41 Å². The number of hydrogen-bond acceptors (Lipinski definition) is 3. The van der Waals surface area contributed by atoms with Gasteiger partial charge in [0.2, 0.25) is 0 Å². The summed E-state index contributed by atoms with van der Waals surface area (Å²) in [5, 5.41) is 4.41. The van der Waals surface area contributed by atoms with Crippen LogP contribution in [0.3, 0.4) is 0 Å². The number of carbonyl (C=O) groups is 1. The highest BCUT2D eigenvalue weighted by atomic mass is 35.5. The highest BCUT2D eigenvalue weighted by Gasteiger charge is 2.49. The van der Waals surface area contributed by atoms with Crippen LogP contribution in [0.2, 0.25) is 5.02 Å². The molecule has 172 valence electrons. The predicted octanol–water partition coefficient (Wildman–Crippen LogP) is 6.39. The average Bonchev–Trinajstić information content (AvgIpc) is 3.50. The van der Waals surface area contributed by atoms with Crippen LogP contribution < -0.4 is 5.32 Å². The van der Waals surface area contributed by atoms with Gasteiger partial charge in [0.05, 0.1) is 0 Å². The first-order valence-corrected chi connectivity index (χ1v) is 12.1. The third-order valence-electron chi connectivity index (χ3n) is 6.71. The minimum atomic E-state index is -0.498. The summed E-state index contributed by atoms with van der Waals surface area (Å²) in [4.78, 5) is 15.3. The van der Waals surface area contributed by atoms with Gasteiger partial charge in [0.1, 0.15) is 5.60 Å². The second kappa shape index (κ2) is 9.44. The number of benzene rings is 2. The third kappa shape index (κ3) is 5.65. The molecule has 2 aliphatic rings. The molecule has 0 aliphatic heterocycles. The fraction of sp³-hybridized carbons (Fsp3) is 0.519. The topological polar surface area (TPSA) is 41.6 Å². The molecule has 0 saturated heterocycles. The van der Waals surface area contributed by atoms with E-state index in [0.29, 0.717) is 5.92 Å². The Labute approximate surface area is 197 Å². The fourth-order valence-corrected chi connectivity index (χ4v) is 4.96. The molecule has 0 bridgehead atoms. The van der Waals surface area contributed by atoms with Crippen molar-refractivity contribution in [1.82, 2.24) is 10.2 Å². The van der Waals surface area contributed by atoms with E-state index in [1.54, 1.807) is 0 Å². The Morgan fingerprint density at radius 2 is 1.81 bits per heavy atom. The van der Waals surface area contributed by atoms with Crippen molar-refractivity contribution in [2.24, 2.45) is 5.41 Å². The Morgan fingerprint density at radius 1 is 1.12 bits per heavy atom. The zero-order chi connectivity index (χ0) is 22.8. The van der Waals surface area contributed by atoms with E-state index in [2.05, 4.69) is 35.6 Å². The molecule has 5 heteroatoms. The van der Waals surface area contributed by atoms with Gasteiger partial charge in [0.15, 0.2) is 0 Å². The Kier molecular flexibility index (Phi) is 6.83. The summed E-state index contributed by atoms with van der Waals surface area (Å²) >= 11 is 6.32. The van der Waals surface area contributed by atoms with Crippen molar-refractivity contribution < 1.29 is 9.53 Å². The molecule has 0 heterocycles. The van der Waals surface area contributed by atoms with Gasteiger partial charge < -0.3 is 15.0 Å². The molecule has 1 amide bonds. The predicted molar refractivity (Wildman–Crippen MR) is 130 cm³/mol. The van der Waals surface area contributed by atoms with Gasteiger partial charge in [-0.1, -0.05) is 66.6 Å². The lowest BCUT2D eigenvalue weighted by atomic mass is 9.68. The van der Waals surface area contributed by atoms with Crippen molar-refractivity contribution >= 4 is 17.7 Å². The Hall–Kier alpha value is -2.04. The second-order valence-corrected chi connectivity index (χ2v) is 10.9. The van der Waals surface area contributed by atoms with Crippen molar-refractivity contribution in [1.29, 1.82) is 0 Å². The first kappa shape index (κ1) is 23.1. The highest BCUT2D eigenvalue weighted by molar-refractivity contribution is 6.31. The number of halogens is 1. The van der Waals surface area contributed by atoms with Crippen molar-refractivity contribution in [2.45, 2.75) is 70.6 Å². The van der Waals surface area contributed by atoms with Gasteiger partial charge >= 0.3 is 6.09 Å². The molecule has 0 aromatic heterocycles. The first-order valence-electron chi connectivity index (χ1n) is 11.8. The number of nitrogens with zero attached hydrogens (tertiary/aromatic N) is 1. The molecule has 2 aromatic rings. The van der Waals surface area contributed by atoms with Gasteiger partial charge in [-0.3, -0.25) is 0 Å². The van der Waals surface area contributed by atoms with E-state index in [1.807, 2.05) is 49.9 Å². The summed E-state index contributed by atoms with van der Waals surface area (Å²) in [6.45, 7) is 8.17. The van der Waals surface area contributed by atoms with Crippen LogP contribution in [0.1, 0.15) is 63.5 Å².